The van der Waals surface area contributed by atoms with Gasteiger partial charge in [0.25, 0.3) is 0 Å². The molecular formula is C22H22F2N2O2. The van der Waals surface area contributed by atoms with E-state index in [0.29, 0.717) is 38.0 Å². The Kier molecular flexibility index (Phi) is 5.11. The summed E-state index contributed by atoms with van der Waals surface area (Å²) in [5.74, 6) is -2.13. The lowest BCUT2D eigenvalue weighted by atomic mass is 9.98. The molecule has 2 aromatic carbocycles. The summed E-state index contributed by atoms with van der Waals surface area (Å²) in [5.41, 5.74) is 1.83. The lowest BCUT2D eigenvalue weighted by Gasteiger charge is -2.31. The molecule has 0 spiro atoms. The van der Waals surface area contributed by atoms with Crippen LogP contribution in [0.4, 0.5) is 14.5 Å². The summed E-state index contributed by atoms with van der Waals surface area (Å²) in [6, 6.07) is 12.0. The first-order chi connectivity index (χ1) is 13.5. The van der Waals surface area contributed by atoms with Gasteiger partial charge in [-0.3, -0.25) is 9.59 Å². The van der Waals surface area contributed by atoms with Crippen molar-refractivity contribution in [2.24, 2.45) is 5.92 Å². The van der Waals surface area contributed by atoms with Gasteiger partial charge in [-0.2, -0.15) is 0 Å². The highest BCUT2D eigenvalue weighted by Gasteiger charge is 2.38. The van der Waals surface area contributed by atoms with Crippen LogP contribution in [-0.4, -0.2) is 36.3 Å². The van der Waals surface area contributed by atoms with Crippen LogP contribution < -0.4 is 4.90 Å². The fourth-order valence-electron chi connectivity index (χ4n) is 4.15. The standard InChI is InChI=1S/C22H22F2N2O2/c23-18-11-16-7-4-9-26(21(16)19(24)13-18)22(28)17-12-20(27)25(14-17)10-8-15-5-2-1-3-6-15/h1-3,5-6,11,13,17H,4,7-10,12,14H2/t17-/m0/s1. The minimum absolute atomic E-state index is 0.0499. The molecule has 2 aromatic rings. The zero-order valence-electron chi connectivity index (χ0n) is 15.5. The van der Waals surface area contributed by atoms with Crippen LogP contribution >= 0.6 is 0 Å². The summed E-state index contributed by atoms with van der Waals surface area (Å²) in [4.78, 5) is 28.6. The van der Waals surface area contributed by atoms with Crippen molar-refractivity contribution >= 4 is 17.5 Å². The molecule has 0 radical (unpaired) electrons. The van der Waals surface area contributed by atoms with Crippen LogP contribution in [0.2, 0.25) is 0 Å². The van der Waals surface area contributed by atoms with Crippen LogP contribution in [0.3, 0.4) is 0 Å². The topological polar surface area (TPSA) is 40.6 Å². The Morgan fingerprint density at radius 1 is 1.14 bits per heavy atom. The van der Waals surface area contributed by atoms with E-state index in [-0.39, 0.29) is 23.9 Å². The zero-order valence-corrected chi connectivity index (χ0v) is 15.5. The van der Waals surface area contributed by atoms with E-state index in [9.17, 15) is 18.4 Å². The summed E-state index contributed by atoms with van der Waals surface area (Å²) < 4.78 is 27.9. The summed E-state index contributed by atoms with van der Waals surface area (Å²) in [5, 5.41) is 0. The van der Waals surface area contributed by atoms with Crippen molar-refractivity contribution in [2.75, 3.05) is 24.5 Å². The van der Waals surface area contributed by atoms with Gasteiger partial charge in [-0.15, -0.1) is 0 Å². The molecule has 2 aliphatic heterocycles. The Morgan fingerprint density at radius 2 is 1.93 bits per heavy atom. The summed E-state index contributed by atoms with van der Waals surface area (Å²) in [6.45, 7) is 1.30. The summed E-state index contributed by atoms with van der Waals surface area (Å²) >= 11 is 0. The molecule has 4 rings (SSSR count). The molecule has 0 saturated carbocycles. The normalized spacial score (nSPS) is 19.1. The van der Waals surface area contributed by atoms with E-state index in [0.717, 1.165) is 18.1 Å². The number of aryl methyl sites for hydroxylation is 1. The highest BCUT2D eigenvalue weighted by atomic mass is 19.1. The van der Waals surface area contributed by atoms with E-state index in [1.807, 2.05) is 30.3 Å². The zero-order chi connectivity index (χ0) is 19.7. The van der Waals surface area contributed by atoms with Gasteiger partial charge >= 0.3 is 0 Å². The molecule has 1 saturated heterocycles. The highest BCUT2D eigenvalue weighted by molar-refractivity contribution is 6.00. The van der Waals surface area contributed by atoms with Gasteiger partial charge in [0.05, 0.1) is 11.6 Å². The van der Waals surface area contributed by atoms with Crippen molar-refractivity contribution in [1.29, 1.82) is 0 Å². The van der Waals surface area contributed by atoms with Crippen molar-refractivity contribution in [3.05, 3.63) is 65.2 Å². The largest absolute Gasteiger partial charge is 0.342 e. The maximum Gasteiger partial charge on any atom is 0.232 e. The van der Waals surface area contributed by atoms with Crippen molar-refractivity contribution in [3.63, 3.8) is 0 Å². The van der Waals surface area contributed by atoms with Gasteiger partial charge in [0.2, 0.25) is 11.8 Å². The third-order valence-corrected chi connectivity index (χ3v) is 5.55. The number of carbonyl (C=O) groups is 2. The number of likely N-dealkylation sites (tertiary alicyclic amines) is 1. The molecule has 0 aromatic heterocycles. The number of benzene rings is 2. The predicted octanol–water partition coefficient (Wildman–Crippen LogP) is 3.34. The molecule has 1 fully saturated rings. The predicted molar refractivity (Wildman–Crippen MR) is 102 cm³/mol. The average Bonchev–Trinajstić information content (AvgIpc) is 3.06. The Balaban J connectivity index is 1.46. The van der Waals surface area contributed by atoms with Crippen molar-refractivity contribution in [2.45, 2.75) is 25.7 Å². The Morgan fingerprint density at radius 3 is 2.71 bits per heavy atom. The van der Waals surface area contributed by atoms with E-state index < -0.39 is 17.6 Å². The minimum Gasteiger partial charge on any atom is -0.342 e. The number of nitrogens with zero attached hydrogens (tertiary/aromatic N) is 2. The maximum absolute atomic E-state index is 14.4. The highest BCUT2D eigenvalue weighted by Crippen LogP contribution is 2.33. The van der Waals surface area contributed by atoms with Gasteiger partial charge < -0.3 is 9.80 Å². The van der Waals surface area contributed by atoms with Crippen molar-refractivity contribution < 1.29 is 18.4 Å². The van der Waals surface area contributed by atoms with Crippen molar-refractivity contribution in [1.82, 2.24) is 4.90 Å². The smallest absolute Gasteiger partial charge is 0.232 e. The van der Waals surface area contributed by atoms with Crippen LogP contribution in [0, 0.1) is 17.6 Å². The first-order valence-electron chi connectivity index (χ1n) is 9.64. The first kappa shape index (κ1) is 18.6. The quantitative estimate of drug-likeness (QED) is 0.811. The minimum atomic E-state index is -0.715. The number of amides is 2. The number of fused-ring (bicyclic) bond motifs is 1. The number of halogens is 2. The molecule has 0 bridgehead atoms. The molecule has 6 heteroatoms. The third kappa shape index (κ3) is 3.63. The van der Waals surface area contributed by atoms with Crippen LogP contribution in [0.25, 0.3) is 0 Å². The monoisotopic (exact) mass is 384 g/mol. The lowest BCUT2D eigenvalue weighted by molar-refractivity contribution is -0.128. The first-order valence-corrected chi connectivity index (χ1v) is 9.64. The Bertz CT molecular complexity index is 901. The van der Waals surface area contributed by atoms with Gasteiger partial charge in [-0.1, -0.05) is 30.3 Å². The third-order valence-electron chi connectivity index (χ3n) is 5.55. The SMILES string of the molecule is O=C1C[C@H](C(=O)N2CCCc3cc(F)cc(F)c32)CN1CCc1ccccc1. The summed E-state index contributed by atoms with van der Waals surface area (Å²) in [6.07, 6.45) is 2.07. The van der Waals surface area contributed by atoms with Gasteiger partial charge in [0, 0.05) is 32.1 Å². The van der Waals surface area contributed by atoms with Crippen molar-refractivity contribution in [3.8, 4) is 0 Å². The number of hydrogen-bond acceptors (Lipinski definition) is 2. The van der Waals surface area contributed by atoms with Gasteiger partial charge in [-0.25, -0.2) is 8.78 Å². The molecule has 2 amide bonds. The van der Waals surface area contributed by atoms with E-state index in [2.05, 4.69) is 0 Å². The number of carbonyl (C=O) groups excluding carboxylic acids is 2. The number of rotatable bonds is 4. The fraction of sp³-hybridized carbons (Fsp3) is 0.364. The molecule has 1 atom stereocenters. The van der Waals surface area contributed by atoms with E-state index in [1.165, 1.54) is 11.0 Å². The van der Waals surface area contributed by atoms with E-state index in [1.54, 1.807) is 4.90 Å². The van der Waals surface area contributed by atoms with Crippen LogP contribution in [0.5, 0.6) is 0 Å². The van der Waals surface area contributed by atoms with Crippen LogP contribution in [-0.2, 0) is 22.4 Å². The summed E-state index contributed by atoms with van der Waals surface area (Å²) in [7, 11) is 0. The van der Waals surface area contributed by atoms with E-state index in [4.69, 9.17) is 0 Å². The number of hydrogen-bond donors (Lipinski definition) is 0. The molecule has 28 heavy (non-hydrogen) atoms. The molecule has 146 valence electrons. The van der Waals surface area contributed by atoms with Gasteiger partial charge in [-0.05, 0) is 36.5 Å². The fourth-order valence-corrected chi connectivity index (χ4v) is 4.15. The maximum atomic E-state index is 14.4. The molecular weight excluding hydrogens is 362 g/mol. The second kappa shape index (κ2) is 7.70. The average molecular weight is 384 g/mol. The molecule has 0 aliphatic carbocycles. The molecule has 2 heterocycles. The van der Waals surface area contributed by atoms with Gasteiger partial charge in [0.1, 0.15) is 11.6 Å². The molecule has 2 aliphatic rings. The Labute approximate surface area is 162 Å². The van der Waals surface area contributed by atoms with Crippen LogP contribution in [0.1, 0.15) is 24.0 Å². The number of anilines is 1. The van der Waals surface area contributed by atoms with Gasteiger partial charge in [0.15, 0.2) is 0 Å². The Hall–Kier alpha value is -2.76. The second-order valence-electron chi connectivity index (χ2n) is 7.47. The second-order valence-corrected chi connectivity index (χ2v) is 7.47. The molecule has 0 N–H and O–H groups in total. The molecule has 0 unspecified atom stereocenters. The van der Waals surface area contributed by atoms with E-state index >= 15 is 0 Å². The lowest BCUT2D eigenvalue weighted by Crippen LogP contribution is -2.41. The van der Waals surface area contributed by atoms with Crippen LogP contribution in [0.15, 0.2) is 42.5 Å². The molecule has 4 nitrogen and oxygen atoms in total.